The largest absolute Gasteiger partial charge is 0.546 e. The van der Waals surface area contributed by atoms with E-state index in [1.165, 1.54) is 0 Å². The van der Waals surface area contributed by atoms with E-state index in [4.69, 9.17) is 0 Å². The highest BCUT2D eigenvalue weighted by atomic mass is 28.3. The van der Waals surface area contributed by atoms with Crippen molar-refractivity contribution in [2.75, 3.05) is 0 Å². The first-order chi connectivity index (χ1) is 11.4. The number of benzene rings is 2. The Morgan fingerprint density at radius 1 is 0.800 bits per heavy atom. The summed E-state index contributed by atoms with van der Waals surface area (Å²) >= 11 is 0. The molecule has 2 aromatic carbocycles. The smallest absolute Gasteiger partial charge is 0.154 e. The first kappa shape index (κ1) is 19.6. The minimum absolute atomic E-state index is 0.444. The van der Waals surface area contributed by atoms with Gasteiger partial charge in [0.2, 0.25) is 0 Å². The molecule has 0 radical (unpaired) electrons. The molecule has 134 valence electrons. The first-order valence-corrected chi connectivity index (χ1v) is 15.5. The number of aliphatic carboxylic acids is 1. The Labute approximate surface area is 152 Å². The number of aliphatic hydroxyl groups is 1. The number of hydrogen-bond donors (Lipinski definition) is 1. The van der Waals surface area contributed by atoms with Gasteiger partial charge in [0.15, 0.2) is 5.60 Å². The molecule has 0 aliphatic rings. The average molecular weight is 372 g/mol. The maximum absolute atomic E-state index is 12.3. The molecule has 25 heavy (non-hydrogen) atoms. The summed E-state index contributed by atoms with van der Waals surface area (Å²) in [4.78, 5) is 12.3. The Bertz CT molecular complexity index is 729. The van der Waals surface area contributed by atoms with Gasteiger partial charge in [-0.15, -0.1) is 0 Å². The van der Waals surface area contributed by atoms with Crippen molar-refractivity contribution < 1.29 is 15.0 Å². The van der Waals surface area contributed by atoms with E-state index in [0.717, 1.165) is 10.4 Å². The van der Waals surface area contributed by atoms with E-state index in [0.29, 0.717) is 11.1 Å². The number of carboxylic acids is 1. The van der Waals surface area contributed by atoms with Gasteiger partial charge in [0, 0.05) is 0 Å². The van der Waals surface area contributed by atoms with E-state index in [1.807, 2.05) is 24.3 Å². The van der Waals surface area contributed by atoms with Gasteiger partial charge in [0.25, 0.3) is 0 Å². The lowest BCUT2D eigenvalue weighted by Gasteiger charge is -2.37. The fourth-order valence-electron chi connectivity index (χ4n) is 3.27. The SMILES string of the molecule is C[Si](C)(C)c1ccccc1C(O)(C(=O)[O-])c1ccccc1[Si](C)(C)C. The molecule has 0 bridgehead atoms. The lowest BCUT2D eigenvalue weighted by molar-refractivity contribution is -0.322. The van der Waals surface area contributed by atoms with E-state index in [1.54, 1.807) is 24.3 Å². The molecular weight excluding hydrogens is 344 g/mol. The van der Waals surface area contributed by atoms with Crippen LogP contribution >= 0.6 is 0 Å². The Hall–Kier alpha value is -1.70. The van der Waals surface area contributed by atoms with Crippen molar-refractivity contribution in [3.63, 3.8) is 0 Å². The molecule has 0 spiro atoms. The van der Waals surface area contributed by atoms with Gasteiger partial charge in [0.1, 0.15) is 0 Å². The molecule has 0 saturated heterocycles. The molecule has 1 N–H and O–H groups in total. The van der Waals surface area contributed by atoms with Crippen molar-refractivity contribution in [1.29, 1.82) is 0 Å². The van der Waals surface area contributed by atoms with Crippen molar-refractivity contribution in [3.05, 3.63) is 59.7 Å². The zero-order chi connectivity index (χ0) is 19.0. The fraction of sp³-hybridized carbons (Fsp3) is 0.350. The van der Waals surface area contributed by atoms with Crippen LogP contribution in [0.1, 0.15) is 11.1 Å². The third-order valence-corrected chi connectivity index (χ3v) is 8.65. The zero-order valence-corrected chi connectivity index (χ0v) is 17.9. The zero-order valence-electron chi connectivity index (χ0n) is 15.9. The highest BCUT2D eigenvalue weighted by molar-refractivity contribution is 6.89. The minimum atomic E-state index is -2.15. The molecule has 5 heteroatoms. The van der Waals surface area contributed by atoms with Crippen LogP contribution < -0.4 is 15.5 Å². The molecule has 0 aliphatic heterocycles. The molecule has 0 unspecified atom stereocenters. The van der Waals surface area contributed by atoms with Crippen LogP contribution in [0, 0.1) is 0 Å². The van der Waals surface area contributed by atoms with Gasteiger partial charge in [-0.25, -0.2) is 0 Å². The minimum Gasteiger partial charge on any atom is -0.546 e. The monoisotopic (exact) mass is 371 g/mol. The van der Waals surface area contributed by atoms with Crippen molar-refractivity contribution in [3.8, 4) is 0 Å². The Morgan fingerprint density at radius 2 is 1.12 bits per heavy atom. The molecular formula is C20H27O3Si2-. The standard InChI is InChI=1S/C20H28O3Si2/c1-24(2,3)17-13-9-7-11-15(17)20(23,19(21)22)16-12-8-10-14-18(16)25(4,5)6/h7-14,23H,1-6H3,(H,21,22)/p-1. The topological polar surface area (TPSA) is 60.4 Å². The summed E-state index contributed by atoms with van der Waals surface area (Å²) in [5.74, 6) is -1.47. The second kappa shape index (κ2) is 6.55. The normalized spacial score (nSPS) is 12.9. The number of rotatable bonds is 5. The van der Waals surface area contributed by atoms with Crippen LogP contribution in [0.25, 0.3) is 0 Å². The van der Waals surface area contributed by atoms with Gasteiger partial charge in [-0.05, 0) is 11.1 Å². The predicted octanol–water partition coefficient (Wildman–Crippen LogP) is 1.76. The lowest BCUT2D eigenvalue weighted by atomic mass is 9.86. The summed E-state index contributed by atoms with van der Waals surface area (Å²) in [6, 6.07) is 14.7. The van der Waals surface area contributed by atoms with E-state index < -0.39 is 27.7 Å². The van der Waals surface area contributed by atoms with Crippen molar-refractivity contribution >= 4 is 32.5 Å². The van der Waals surface area contributed by atoms with Gasteiger partial charge < -0.3 is 15.0 Å². The quantitative estimate of drug-likeness (QED) is 0.815. The van der Waals surface area contributed by atoms with Crippen LogP contribution in [-0.4, -0.2) is 27.2 Å². The summed E-state index contributed by atoms with van der Waals surface area (Å²) in [7, 11) is -3.74. The lowest BCUT2D eigenvalue weighted by Crippen LogP contribution is -2.56. The van der Waals surface area contributed by atoms with Crippen LogP contribution in [-0.2, 0) is 10.4 Å². The number of carboxylic acid groups (broad SMARTS) is 1. The van der Waals surface area contributed by atoms with Crippen molar-refractivity contribution in [2.45, 2.75) is 44.9 Å². The van der Waals surface area contributed by atoms with Crippen molar-refractivity contribution in [1.82, 2.24) is 0 Å². The molecule has 0 aromatic heterocycles. The average Bonchev–Trinajstić information content (AvgIpc) is 2.52. The van der Waals surface area contributed by atoms with Crippen LogP contribution in [0.5, 0.6) is 0 Å². The third-order valence-electron chi connectivity index (χ3n) is 4.55. The van der Waals surface area contributed by atoms with Gasteiger partial charge in [-0.1, -0.05) is 98.2 Å². The number of carbonyl (C=O) groups excluding carboxylic acids is 1. The maximum atomic E-state index is 12.3. The van der Waals surface area contributed by atoms with E-state index in [-0.39, 0.29) is 0 Å². The van der Waals surface area contributed by atoms with Crippen LogP contribution in [0.2, 0.25) is 39.3 Å². The molecule has 3 nitrogen and oxygen atoms in total. The molecule has 0 saturated carbocycles. The van der Waals surface area contributed by atoms with Gasteiger partial charge >= 0.3 is 0 Å². The Balaban J connectivity index is 2.87. The maximum Gasteiger partial charge on any atom is 0.154 e. The summed E-state index contributed by atoms with van der Waals surface area (Å²) < 4.78 is 0. The Kier molecular flexibility index (Phi) is 5.14. The summed E-state index contributed by atoms with van der Waals surface area (Å²) in [5, 5.41) is 25.6. The molecule has 2 aromatic rings. The number of hydrogen-bond acceptors (Lipinski definition) is 3. The molecule has 0 amide bonds. The van der Waals surface area contributed by atoms with E-state index in [2.05, 4.69) is 39.3 Å². The molecule has 0 heterocycles. The molecule has 0 atom stereocenters. The predicted molar refractivity (Wildman–Crippen MR) is 107 cm³/mol. The first-order valence-electron chi connectivity index (χ1n) is 8.54. The highest BCUT2D eigenvalue weighted by Crippen LogP contribution is 2.30. The second-order valence-corrected chi connectivity index (χ2v) is 18.7. The summed E-state index contributed by atoms with van der Waals surface area (Å²) in [6.07, 6.45) is 0. The van der Waals surface area contributed by atoms with Crippen LogP contribution in [0.15, 0.2) is 48.5 Å². The second-order valence-electron chi connectivity index (χ2n) is 8.59. The molecule has 0 fully saturated rings. The van der Waals surface area contributed by atoms with E-state index >= 15 is 0 Å². The third kappa shape index (κ3) is 3.63. The van der Waals surface area contributed by atoms with Crippen LogP contribution in [0.4, 0.5) is 0 Å². The van der Waals surface area contributed by atoms with Gasteiger partial charge in [0.05, 0.1) is 22.1 Å². The summed E-state index contributed by atoms with van der Waals surface area (Å²) in [5.41, 5.74) is -1.26. The highest BCUT2D eigenvalue weighted by Gasteiger charge is 2.40. The van der Waals surface area contributed by atoms with Gasteiger partial charge in [-0.2, -0.15) is 0 Å². The fourth-order valence-corrected chi connectivity index (χ4v) is 6.61. The molecule has 2 rings (SSSR count). The Morgan fingerprint density at radius 3 is 1.40 bits per heavy atom. The summed E-state index contributed by atoms with van der Waals surface area (Å²) in [6.45, 7) is 12.9. The van der Waals surface area contributed by atoms with Gasteiger partial charge in [-0.3, -0.25) is 0 Å². The number of carbonyl (C=O) groups is 1. The van der Waals surface area contributed by atoms with Crippen molar-refractivity contribution in [2.24, 2.45) is 0 Å². The van der Waals surface area contributed by atoms with E-state index in [9.17, 15) is 15.0 Å². The molecule has 0 aliphatic carbocycles. The van der Waals surface area contributed by atoms with Crippen LogP contribution in [0.3, 0.4) is 0 Å².